The summed E-state index contributed by atoms with van der Waals surface area (Å²) < 4.78 is 31.5. The van der Waals surface area contributed by atoms with Crippen molar-refractivity contribution in [1.82, 2.24) is 4.31 Å². The third kappa shape index (κ3) is 3.49. The molecule has 0 aromatic heterocycles. The number of hydrogen-bond acceptors (Lipinski definition) is 4. The first-order valence-corrected chi connectivity index (χ1v) is 7.65. The molecule has 0 radical (unpaired) electrons. The van der Waals surface area contributed by atoms with E-state index in [1.807, 2.05) is 0 Å². The highest BCUT2D eigenvalue weighted by Gasteiger charge is 2.31. The molecule has 1 aromatic carbocycles. The number of methoxy groups -OCH3 is 1. The summed E-state index contributed by atoms with van der Waals surface area (Å²) >= 11 is 0. The first-order valence-electron chi connectivity index (χ1n) is 6.21. The monoisotopic (exact) mass is 301 g/mol. The standard InChI is InChI=1S/C13H19NO5S/c1-4-14(10(2)9-13(15)16)20(17,18)12-8-6-5-7-11(12)19-3/h5-8,10H,4,9H2,1-3H3,(H,15,16). The summed E-state index contributed by atoms with van der Waals surface area (Å²) in [6.45, 7) is 3.44. The second-order valence-corrected chi connectivity index (χ2v) is 6.17. The van der Waals surface area contributed by atoms with E-state index >= 15 is 0 Å². The molecular formula is C13H19NO5S. The van der Waals surface area contributed by atoms with Gasteiger partial charge in [0, 0.05) is 12.6 Å². The number of para-hydroxylation sites is 1. The van der Waals surface area contributed by atoms with Crippen molar-refractivity contribution in [3.05, 3.63) is 24.3 Å². The zero-order valence-corrected chi connectivity index (χ0v) is 12.6. The first-order chi connectivity index (χ1) is 9.34. The summed E-state index contributed by atoms with van der Waals surface area (Å²) in [5.74, 6) is -0.792. The minimum Gasteiger partial charge on any atom is -0.495 e. The van der Waals surface area contributed by atoms with E-state index in [0.29, 0.717) is 0 Å². The van der Waals surface area contributed by atoms with Gasteiger partial charge in [-0.3, -0.25) is 4.79 Å². The third-order valence-corrected chi connectivity index (χ3v) is 5.06. The van der Waals surface area contributed by atoms with E-state index in [2.05, 4.69) is 0 Å². The third-order valence-electron chi connectivity index (χ3n) is 2.93. The van der Waals surface area contributed by atoms with Gasteiger partial charge in [-0.1, -0.05) is 19.1 Å². The fourth-order valence-electron chi connectivity index (χ4n) is 2.03. The van der Waals surface area contributed by atoms with Crippen LogP contribution in [0.25, 0.3) is 0 Å². The van der Waals surface area contributed by atoms with Gasteiger partial charge in [0.15, 0.2) is 0 Å². The van der Waals surface area contributed by atoms with E-state index in [0.717, 1.165) is 0 Å². The molecule has 6 nitrogen and oxygen atoms in total. The maximum absolute atomic E-state index is 12.6. The van der Waals surface area contributed by atoms with Crippen LogP contribution in [0.1, 0.15) is 20.3 Å². The summed E-state index contributed by atoms with van der Waals surface area (Å²) in [5.41, 5.74) is 0. The Kier molecular flexibility index (Phi) is 5.52. The number of ether oxygens (including phenoxy) is 1. The second kappa shape index (κ2) is 6.71. The van der Waals surface area contributed by atoms with Crippen molar-refractivity contribution < 1.29 is 23.1 Å². The van der Waals surface area contributed by atoms with Gasteiger partial charge in [-0.05, 0) is 19.1 Å². The number of carboxylic acids is 1. The number of benzene rings is 1. The highest BCUT2D eigenvalue weighted by Crippen LogP contribution is 2.27. The summed E-state index contributed by atoms with van der Waals surface area (Å²) in [4.78, 5) is 10.8. The molecule has 20 heavy (non-hydrogen) atoms. The van der Waals surface area contributed by atoms with Crippen LogP contribution in [0.4, 0.5) is 0 Å². The van der Waals surface area contributed by atoms with E-state index < -0.39 is 22.0 Å². The number of rotatable bonds is 7. The number of sulfonamides is 1. The molecule has 0 aliphatic carbocycles. The zero-order chi connectivity index (χ0) is 15.3. The predicted molar refractivity (Wildman–Crippen MR) is 74.3 cm³/mol. The average Bonchev–Trinajstić information content (AvgIpc) is 2.38. The second-order valence-electron chi connectivity index (χ2n) is 4.31. The quantitative estimate of drug-likeness (QED) is 0.826. The SMILES string of the molecule is CCN(C(C)CC(=O)O)S(=O)(=O)c1ccccc1OC. The van der Waals surface area contributed by atoms with E-state index in [9.17, 15) is 13.2 Å². The van der Waals surface area contributed by atoms with Crippen molar-refractivity contribution in [2.45, 2.75) is 31.2 Å². The molecule has 7 heteroatoms. The molecule has 112 valence electrons. The van der Waals surface area contributed by atoms with E-state index in [1.165, 1.54) is 17.5 Å². The van der Waals surface area contributed by atoms with Crippen LogP contribution >= 0.6 is 0 Å². The van der Waals surface area contributed by atoms with Crippen LogP contribution in [-0.4, -0.2) is 43.5 Å². The number of nitrogens with zero attached hydrogens (tertiary/aromatic N) is 1. The van der Waals surface area contributed by atoms with Gasteiger partial charge < -0.3 is 9.84 Å². The fourth-order valence-corrected chi connectivity index (χ4v) is 3.83. The first kappa shape index (κ1) is 16.5. The lowest BCUT2D eigenvalue weighted by atomic mass is 10.2. The van der Waals surface area contributed by atoms with Crippen molar-refractivity contribution in [3.63, 3.8) is 0 Å². The van der Waals surface area contributed by atoms with Gasteiger partial charge in [0.25, 0.3) is 0 Å². The van der Waals surface area contributed by atoms with Gasteiger partial charge in [-0.15, -0.1) is 0 Å². The Morgan fingerprint density at radius 2 is 2.00 bits per heavy atom. The summed E-state index contributed by atoms with van der Waals surface area (Å²) in [6, 6.07) is 5.65. The van der Waals surface area contributed by atoms with Crippen LogP contribution in [0.2, 0.25) is 0 Å². The van der Waals surface area contributed by atoms with E-state index in [4.69, 9.17) is 9.84 Å². The number of aliphatic carboxylic acids is 1. The van der Waals surface area contributed by atoms with Gasteiger partial charge in [0.05, 0.1) is 13.5 Å². The Hall–Kier alpha value is -1.60. The van der Waals surface area contributed by atoms with Crippen LogP contribution in [0.3, 0.4) is 0 Å². The van der Waals surface area contributed by atoms with Gasteiger partial charge in [0.2, 0.25) is 10.0 Å². The summed E-state index contributed by atoms with van der Waals surface area (Å²) in [7, 11) is -2.40. The minimum absolute atomic E-state index is 0.0431. The predicted octanol–water partition coefficient (Wildman–Crippen LogP) is 1.57. The lowest BCUT2D eigenvalue weighted by molar-refractivity contribution is -0.137. The highest BCUT2D eigenvalue weighted by molar-refractivity contribution is 7.89. The minimum atomic E-state index is -3.79. The Morgan fingerprint density at radius 3 is 2.50 bits per heavy atom. The van der Waals surface area contributed by atoms with Crippen molar-refractivity contribution in [2.24, 2.45) is 0 Å². The van der Waals surface area contributed by atoms with Gasteiger partial charge in [-0.2, -0.15) is 4.31 Å². The highest BCUT2D eigenvalue weighted by atomic mass is 32.2. The molecule has 0 bridgehead atoms. The molecule has 0 fully saturated rings. The molecule has 0 spiro atoms. The normalized spacial score (nSPS) is 13.2. The Labute approximate surface area is 119 Å². The van der Waals surface area contributed by atoms with E-state index in [-0.39, 0.29) is 23.6 Å². The van der Waals surface area contributed by atoms with Crippen LogP contribution in [-0.2, 0) is 14.8 Å². The molecule has 0 aliphatic rings. The molecule has 1 aromatic rings. The lowest BCUT2D eigenvalue weighted by Gasteiger charge is -2.26. The van der Waals surface area contributed by atoms with Gasteiger partial charge >= 0.3 is 5.97 Å². The summed E-state index contributed by atoms with van der Waals surface area (Å²) in [6.07, 6.45) is -0.248. The topological polar surface area (TPSA) is 83.9 Å². The van der Waals surface area contributed by atoms with Crippen LogP contribution < -0.4 is 4.74 Å². The molecule has 1 rings (SSSR count). The number of carboxylic acid groups (broad SMARTS) is 1. The summed E-state index contributed by atoms with van der Waals surface area (Å²) in [5, 5.41) is 8.82. The van der Waals surface area contributed by atoms with Crippen LogP contribution in [0.15, 0.2) is 29.2 Å². The molecule has 0 amide bonds. The smallest absolute Gasteiger partial charge is 0.304 e. The number of hydrogen-bond donors (Lipinski definition) is 1. The van der Waals surface area contributed by atoms with Crippen molar-refractivity contribution in [1.29, 1.82) is 0 Å². The van der Waals surface area contributed by atoms with Crippen LogP contribution in [0, 0.1) is 0 Å². The molecule has 1 unspecified atom stereocenters. The molecule has 0 saturated heterocycles. The van der Waals surface area contributed by atoms with Crippen molar-refractivity contribution >= 4 is 16.0 Å². The fraction of sp³-hybridized carbons (Fsp3) is 0.462. The molecular weight excluding hydrogens is 282 g/mol. The van der Waals surface area contributed by atoms with Gasteiger partial charge in [-0.25, -0.2) is 8.42 Å². The molecule has 1 atom stereocenters. The number of carbonyl (C=O) groups is 1. The largest absolute Gasteiger partial charge is 0.495 e. The molecule has 1 N–H and O–H groups in total. The molecule has 0 saturated carbocycles. The van der Waals surface area contributed by atoms with Gasteiger partial charge in [0.1, 0.15) is 10.6 Å². The zero-order valence-electron chi connectivity index (χ0n) is 11.7. The maximum atomic E-state index is 12.6. The van der Waals surface area contributed by atoms with Crippen molar-refractivity contribution in [2.75, 3.05) is 13.7 Å². The molecule has 0 aliphatic heterocycles. The lowest BCUT2D eigenvalue weighted by Crippen LogP contribution is -2.39. The maximum Gasteiger partial charge on any atom is 0.304 e. The molecule has 0 heterocycles. The van der Waals surface area contributed by atoms with Crippen molar-refractivity contribution in [3.8, 4) is 5.75 Å². The Bertz CT molecular complexity index is 570. The Balaban J connectivity index is 3.21. The van der Waals surface area contributed by atoms with E-state index in [1.54, 1.807) is 32.0 Å². The van der Waals surface area contributed by atoms with Crippen LogP contribution in [0.5, 0.6) is 5.75 Å². The Morgan fingerprint density at radius 1 is 1.40 bits per heavy atom. The average molecular weight is 301 g/mol.